The van der Waals surface area contributed by atoms with Crippen LogP contribution < -0.4 is 0 Å². The highest BCUT2D eigenvalue weighted by Gasteiger charge is 2.49. The molecule has 0 aromatic carbocycles. The molecule has 0 aromatic heterocycles. The second-order valence-electron chi connectivity index (χ2n) is 6.16. The normalized spacial score (nSPS) is 37.6. The molecule has 1 aliphatic carbocycles. The Morgan fingerprint density at radius 2 is 1.76 bits per heavy atom. The molecule has 3 rings (SSSR count). The van der Waals surface area contributed by atoms with Crippen molar-refractivity contribution in [3.63, 3.8) is 0 Å². The lowest BCUT2D eigenvalue weighted by atomic mass is 9.94. The molecule has 0 radical (unpaired) electrons. The molecule has 0 aromatic rings. The summed E-state index contributed by atoms with van der Waals surface area (Å²) in [6.45, 7) is 6.77. The summed E-state index contributed by atoms with van der Waals surface area (Å²) in [6, 6.07) is 0.627. The van der Waals surface area contributed by atoms with Crippen LogP contribution in [-0.4, -0.2) is 42.0 Å². The van der Waals surface area contributed by atoms with Crippen LogP contribution in [0.25, 0.3) is 0 Å². The van der Waals surface area contributed by atoms with Crippen LogP contribution in [0.1, 0.15) is 52.4 Å². The summed E-state index contributed by atoms with van der Waals surface area (Å²) in [5.74, 6) is -0.194. The number of likely N-dealkylation sites (tertiary alicyclic amines) is 1. The Balaban J connectivity index is 1.66. The van der Waals surface area contributed by atoms with Gasteiger partial charge < -0.3 is 9.47 Å². The summed E-state index contributed by atoms with van der Waals surface area (Å²) in [5.41, 5.74) is 0. The SMILES string of the molecule is CC(C)N1CCC2OC3(CCCCC3)OC2C1. The number of ether oxygens (including phenoxy) is 2. The Labute approximate surface area is 104 Å². The monoisotopic (exact) mass is 239 g/mol. The van der Waals surface area contributed by atoms with Gasteiger partial charge >= 0.3 is 0 Å². The summed E-state index contributed by atoms with van der Waals surface area (Å²) >= 11 is 0. The average Bonchev–Trinajstić information content (AvgIpc) is 2.66. The van der Waals surface area contributed by atoms with E-state index in [1.54, 1.807) is 0 Å². The molecular formula is C14H25NO2. The van der Waals surface area contributed by atoms with Crippen LogP contribution in [0.3, 0.4) is 0 Å². The van der Waals surface area contributed by atoms with Crippen molar-refractivity contribution in [1.29, 1.82) is 0 Å². The fourth-order valence-corrected chi connectivity index (χ4v) is 3.54. The van der Waals surface area contributed by atoms with Gasteiger partial charge in [-0.25, -0.2) is 0 Å². The maximum atomic E-state index is 6.31. The number of hydrogen-bond acceptors (Lipinski definition) is 3. The first-order valence-corrected chi connectivity index (χ1v) is 7.28. The Bertz CT molecular complexity index is 273. The van der Waals surface area contributed by atoms with E-state index in [1.807, 2.05) is 0 Å². The molecule has 0 bridgehead atoms. The van der Waals surface area contributed by atoms with E-state index in [9.17, 15) is 0 Å². The fraction of sp³-hybridized carbons (Fsp3) is 1.00. The maximum absolute atomic E-state index is 6.31. The molecule has 2 heterocycles. The molecule has 1 saturated carbocycles. The van der Waals surface area contributed by atoms with Crippen LogP contribution in [0.15, 0.2) is 0 Å². The highest BCUT2D eigenvalue weighted by atomic mass is 16.8. The van der Waals surface area contributed by atoms with Gasteiger partial charge in [-0.3, -0.25) is 4.90 Å². The van der Waals surface area contributed by atoms with Gasteiger partial charge in [-0.05, 0) is 33.1 Å². The first kappa shape index (κ1) is 11.9. The van der Waals surface area contributed by atoms with E-state index in [4.69, 9.17) is 9.47 Å². The molecule has 17 heavy (non-hydrogen) atoms. The summed E-state index contributed by atoms with van der Waals surface area (Å²) in [6.07, 6.45) is 7.95. The van der Waals surface area contributed by atoms with Crippen LogP contribution in [-0.2, 0) is 9.47 Å². The Kier molecular flexibility index (Phi) is 3.18. The Morgan fingerprint density at radius 1 is 1.06 bits per heavy atom. The van der Waals surface area contributed by atoms with Crippen molar-refractivity contribution in [3.8, 4) is 0 Å². The van der Waals surface area contributed by atoms with E-state index in [-0.39, 0.29) is 5.79 Å². The van der Waals surface area contributed by atoms with E-state index in [0.29, 0.717) is 18.2 Å². The van der Waals surface area contributed by atoms with Crippen molar-refractivity contribution in [2.45, 2.75) is 76.4 Å². The Hall–Kier alpha value is -0.120. The van der Waals surface area contributed by atoms with Gasteiger partial charge in [-0.2, -0.15) is 0 Å². The highest BCUT2D eigenvalue weighted by molar-refractivity contribution is 4.93. The van der Waals surface area contributed by atoms with E-state index in [2.05, 4.69) is 18.7 Å². The third-order valence-electron chi connectivity index (χ3n) is 4.61. The van der Waals surface area contributed by atoms with Gasteiger partial charge in [-0.1, -0.05) is 6.42 Å². The molecule has 3 fully saturated rings. The third kappa shape index (κ3) is 2.25. The van der Waals surface area contributed by atoms with Crippen LogP contribution in [0.2, 0.25) is 0 Å². The van der Waals surface area contributed by atoms with Gasteiger partial charge in [0, 0.05) is 32.0 Å². The molecule has 2 atom stereocenters. The molecule has 2 saturated heterocycles. The molecule has 2 unspecified atom stereocenters. The molecular weight excluding hydrogens is 214 g/mol. The standard InChI is InChI=1S/C14H25NO2/c1-11(2)15-9-6-12-13(10-15)17-14(16-12)7-4-3-5-8-14/h11-13H,3-10H2,1-2H3. The van der Waals surface area contributed by atoms with Gasteiger partial charge in [0.25, 0.3) is 0 Å². The Morgan fingerprint density at radius 3 is 2.47 bits per heavy atom. The number of piperidine rings is 1. The molecule has 3 heteroatoms. The summed E-state index contributed by atoms with van der Waals surface area (Å²) in [7, 11) is 0. The van der Waals surface area contributed by atoms with Crippen LogP contribution >= 0.6 is 0 Å². The molecule has 3 nitrogen and oxygen atoms in total. The van der Waals surface area contributed by atoms with E-state index >= 15 is 0 Å². The highest BCUT2D eigenvalue weighted by Crippen LogP contribution is 2.42. The number of fused-ring (bicyclic) bond motifs is 1. The average molecular weight is 239 g/mol. The lowest BCUT2D eigenvalue weighted by Gasteiger charge is -2.35. The van der Waals surface area contributed by atoms with E-state index in [0.717, 1.165) is 32.4 Å². The number of rotatable bonds is 1. The summed E-state index contributed by atoms with van der Waals surface area (Å²) in [5, 5.41) is 0. The van der Waals surface area contributed by atoms with Gasteiger partial charge in [0.15, 0.2) is 5.79 Å². The van der Waals surface area contributed by atoms with Gasteiger partial charge in [0.2, 0.25) is 0 Å². The second kappa shape index (κ2) is 4.52. The minimum atomic E-state index is -0.194. The van der Waals surface area contributed by atoms with Crippen molar-refractivity contribution in [2.75, 3.05) is 13.1 Å². The lowest BCUT2D eigenvalue weighted by molar-refractivity contribution is -0.193. The minimum absolute atomic E-state index is 0.194. The van der Waals surface area contributed by atoms with Crippen molar-refractivity contribution < 1.29 is 9.47 Å². The first-order chi connectivity index (χ1) is 8.19. The minimum Gasteiger partial charge on any atom is -0.344 e. The molecule has 98 valence electrons. The topological polar surface area (TPSA) is 21.7 Å². The van der Waals surface area contributed by atoms with Crippen molar-refractivity contribution in [3.05, 3.63) is 0 Å². The predicted octanol–water partition coefficient (Wildman–Crippen LogP) is 2.54. The first-order valence-electron chi connectivity index (χ1n) is 7.28. The molecule has 0 amide bonds. The largest absolute Gasteiger partial charge is 0.344 e. The number of nitrogens with zero attached hydrogens (tertiary/aromatic N) is 1. The second-order valence-corrected chi connectivity index (χ2v) is 6.16. The smallest absolute Gasteiger partial charge is 0.169 e. The zero-order valence-corrected chi connectivity index (χ0v) is 11.2. The van der Waals surface area contributed by atoms with Gasteiger partial charge in [-0.15, -0.1) is 0 Å². The van der Waals surface area contributed by atoms with Gasteiger partial charge in [0.05, 0.1) is 12.2 Å². The molecule has 1 spiro atoms. The molecule has 2 aliphatic heterocycles. The lowest BCUT2D eigenvalue weighted by Crippen LogP contribution is -2.47. The van der Waals surface area contributed by atoms with Gasteiger partial charge in [0.1, 0.15) is 0 Å². The summed E-state index contributed by atoms with van der Waals surface area (Å²) < 4.78 is 12.6. The van der Waals surface area contributed by atoms with Crippen LogP contribution in [0, 0.1) is 0 Å². The van der Waals surface area contributed by atoms with Crippen molar-refractivity contribution in [1.82, 2.24) is 4.90 Å². The number of hydrogen-bond donors (Lipinski definition) is 0. The predicted molar refractivity (Wildman–Crippen MR) is 66.9 cm³/mol. The van der Waals surface area contributed by atoms with Crippen LogP contribution in [0.5, 0.6) is 0 Å². The fourth-order valence-electron chi connectivity index (χ4n) is 3.54. The third-order valence-corrected chi connectivity index (χ3v) is 4.61. The quantitative estimate of drug-likeness (QED) is 0.702. The van der Waals surface area contributed by atoms with Crippen molar-refractivity contribution in [2.24, 2.45) is 0 Å². The zero-order chi connectivity index (χ0) is 11.9. The summed E-state index contributed by atoms with van der Waals surface area (Å²) in [4.78, 5) is 2.52. The molecule has 3 aliphatic rings. The van der Waals surface area contributed by atoms with Crippen molar-refractivity contribution >= 4 is 0 Å². The molecule has 0 N–H and O–H groups in total. The van der Waals surface area contributed by atoms with E-state index < -0.39 is 0 Å². The zero-order valence-electron chi connectivity index (χ0n) is 11.2. The van der Waals surface area contributed by atoms with Crippen LogP contribution in [0.4, 0.5) is 0 Å². The van der Waals surface area contributed by atoms with E-state index in [1.165, 1.54) is 19.3 Å². The maximum Gasteiger partial charge on any atom is 0.169 e.